The Morgan fingerprint density at radius 2 is 2.24 bits per heavy atom. The van der Waals surface area contributed by atoms with E-state index in [0.717, 1.165) is 9.26 Å². The molecule has 0 spiro atoms. The van der Waals surface area contributed by atoms with Gasteiger partial charge in [-0.1, -0.05) is 12.2 Å². The van der Waals surface area contributed by atoms with Crippen LogP contribution >= 0.6 is 22.6 Å². The Balaban J connectivity index is 2.00. The number of ketones is 1. The first kappa shape index (κ1) is 14.3. The molecule has 1 aliphatic heterocycles. The number of carbonyl (C=O) groups is 2. The molecule has 1 atom stereocenters. The highest BCUT2D eigenvalue weighted by Gasteiger charge is 2.36. The Morgan fingerprint density at radius 3 is 3.00 bits per heavy atom. The van der Waals surface area contributed by atoms with E-state index in [9.17, 15) is 9.59 Å². The van der Waals surface area contributed by atoms with Crippen LogP contribution in [-0.4, -0.2) is 24.4 Å². The van der Waals surface area contributed by atoms with Crippen LogP contribution in [0.2, 0.25) is 0 Å². The summed E-state index contributed by atoms with van der Waals surface area (Å²) in [5.41, 5.74) is 2.58. The van der Waals surface area contributed by atoms with Crippen LogP contribution in [0.5, 0.6) is 0 Å². The highest BCUT2D eigenvalue weighted by molar-refractivity contribution is 14.1. The number of hydrogen-bond donors (Lipinski definition) is 1. The smallest absolute Gasteiger partial charge is 0.336 e. The summed E-state index contributed by atoms with van der Waals surface area (Å²) in [5.74, 6) is -0.371. The molecular weight excluding hydrogens is 381 g/mol. The highest BCUT2D eigenvalue weighted by atomic mass is 127. The largest absolute Gasteiger partial charge is 0.463 e. The van der Waals surface area contributed by atoms with Crippen LogP contribution in [0.1, 0.15) is 23.7 Å². The summed E-state index contributed by atoms with van der Waals surface area (Å²) in [6, 6.07) is 5.27. The third-order valence-corrected chi connectivity index (χ3v) is 4.27. The summed E-state index contributed by atoms with van der Waals surface area (Å²) in [7, 11) is 0. The molecule has 0 radical (unpaired) electrons. The molecule has 108 valence electrons. The zero-order valence-corrected chi connectivity index (χ0v) is 13.6. The van der Waals surface area contributed by atoms with Crippen molar-refractivity contribution in [2.45, 2.75) is 19.4 Å². The topological polar surface area (TPSA) is 55.4 Å². The standard InChI is InChI=1S/C16H14INO3/c1-2-21-16(20)11-5-3-4-10-14(11)18-13-7-6-9(17)8-12(13)15(10)19/h4-8,14,18H,2-3H2,1H3. The van der Waals surface area contributed by atoms with Gasteiger partial charge in [-0.05, 0) is 54.1 Å². The van der Waals surface area contributed by atoms with Crippen LogP contribution in [0.25, 0.3) is 0 Å². The second-order valence-electron chi connectivity index (χ2n) is 4.87. The Morgan fingerprint density at radius 1 is 1.43 bits per heavy atom. The van der Waals surface area contributed by atoms with E-state index in [2.05, 4.69) is 27.9 Å². The van der Waals surface area contributed by atoms with Crippen molar-refractivity contribution in [3.8, 4) is 0 Å². The van der Waals surface area contributed by atoms with Gasteiger partial charge >= 0.3 is 5.97 Å². The lowest BCUT2D eigenvalue weighted by atomic mass is 9.83. The normalized spacial score (nSPS) is 19.7. The molecular formula is C16H14INO3. The van der Waals surface area contributed by atoms with Crippen molar-refractivity contribution >= 4 is 40.0 Å². The van der Waals surface area contributed by atoms with Crippen molar-refractivity contribution in [1.29, 1.82) is 0 Å². The number of ether oxygens (including phenoxy) is 1. The fraction of sp³-hybridized carbons (Fsp3) is 0.250. The number of benzene rings is 1. The van der Waals surface area contributed by atoms with E-state index in [1.807, 2.05) is 30.4 Å². The Kier molecular flexibility index (Phi) is 3.84. The highest BCUT2D eigenvalue weighted by Crippen LogP contribution is 2.34. The monoisotopic (exact) mass is 395 g/mol. The van der Waals surface area contributed by atoms with Crippen LogP contribution in [0.3, 0.4) is 0 Å². The molecule has 4 nitrogen and oxygen atoms in total. The second-order valence-corrected chi connectivity index (χ2v) is 6.12. The van der Waals surface area contributed by atoms with E-state index in [1.54, 1.807) is 6.92 Å². The van der Waals surface area contributed by atoms with E-state index in [0.29, 0.717) is 29.7 Å². The summed E-state index contributed by atoms with van der Waals surface area (Å²) in [4.78, 5) is 24.7. The zero-order chi connectivity index (χ0) is 15.0. The molecule has 1 aromatic carbocycles. The van der Waals surface area contributed by atoms with Gasteiger partial charge in [0.1, 0.15) is 0 Å². The summed E-state index contributed by atoms with van der Waals surface area (Å²) in [6.07, 6.45) is 4.28. The van der Waals surface area contributed by atoms with Crippen molar-refractivity contribution in [2.75, 3.05) is 11.9 Å². The number of hydrogen-bond acceptors (Lipinski definition) is 4. The van der Waals surface area contributed by atoms with Crippen molar-refractivity contribution in [2.24, 2.45) is 0 Å². The third-order valence-electron chi connectivity index (χ3n) is 3.60. The van der Waals surface area contributed by atoms with Gasteiger partial charge in [-0.3, -0.25) is 4.79 Å². The molecule has 21 heavy (non-hydrogen) atoms. The molecule has 0 saturated heterocycles. The molecule has 0 saturated carbocycles. The molecule has 1 N–H and O–H groups in total. The number of rotatable bonds is 2. The fourth-order valence-corrected chi connectivity index (χ4v) is 3.14. The predicted molar refractivity (Wildman–Crippen MR) is 88.3 cm³/mol. The average Bonchev–Trinajstić information content (AvgIpc) is 2.48. The van der Waals surface area contributed by atoms with Gasteiger partial charge in [-0.2, -0.15) is 0 Å². The average molecular weight is 395 g/mol. The van der Waals surface area contributed by atoms with Gasteiger partial charge in [0, 0.05) is 20.4 Å². The third kappa shape index (κ3) is 2.50. The van der Waals surface area contributed by atoms with Crippen molar-refractivity contribution in [3.63, 3.8) is 0 Å². The van der Waals surface area contributed by atoms with E-state index < -0.39 is 6.04 Å². The molecule has 0 amide bonds. The van der Waals surface area contributed by atoms with Crippen LogP contribution < -0.4 is 5.32 Å². The molecule has 0 bridgehead atoms. The minimum atomic E-state index is -0.405. The van der Waals surface area contributed by atoms with E-state index >= 15 is 0 Å². The van der Waals surface area contributed by atoms with Gasteiger partial charge in [0.05, 0.1) is 18.2 Å². The number of esters is 1. The van der Waals surface area contributed by atoms with Crippen molar-refractivity contribution in [3.05, 3.63) is 50.6 Å². The van der Waals surface area contributed by atoms with Crippen LogP contribution in [-0.2, 0) is 9.53 Å². The van der Waals surface area contributed by atoms with Gasteiger partial charge < -0.3 is 10.1 Å². The number of fused-ring (bicyclic) bond motifs is 2. The van der Waals surface area contributed by atoms with E-state index in [-0.39, 0.29) is 11.8 Å². The molecule has 5 heteroatoms. The second kappa shape index (κ2) is 5.63. The van der Waals surface area contributed by atoms with Crippen LogP contribution in [0.4, 0.5) is 5.69 Å². The molecule has 1 unspecified atom stereocenters. The number of nitrogens with one attached hydrogen (secondary N) is 1. The lowest BCUT2D eigenvalue weighted by Crippen LogP contribution is -2.38. The quantitative estimate of drug-likeness (QED) is 0.618. The first-order chi connectivity index (χ1) is 10.1. The van der Waals surface area contributed by atoms with Crippen LogP contribution in [0.15, 0.2) is 41.5 Å². The van der Waals surface area contributed by atoms with Crippen molar-refractivity contribution in [1.82, 2.24) is 0 Å². The SMILES string of the molecule is CCOC(=O)C1=CCC=C2C(=O)c3cc(I)ccc3NC12. The Hall–Kier alpha value is -1.63. The summed E-state index contributed by atoms with van der Waals surface area (Å²) in [5, 5.41) is 3.28. The fourth-order valence-electron chi connectivity index (χ4n) is 2.65. The Bertz CT molecular complexity index is 691. The number of allylic oxidation sites excluding steroid dienone is 2. The first-order valence-corrected chi connectivity index (χ1v) is 7.87. The maximum Gasteiger partial charge on any atom is 0.336 e. The lowest BCUT2D eigenvalue weighted by Gasteiger charge is -2.31. The molecule has 0 fully saturated rings. The van der Waals surface area contributed by atoms with Gasteiger partial charge in [0.15, 0.2) is 5.78 Å². The molecule has 1 aromatic rings. The number of Topliss-reactive ketones (excluding diaryl/α,β-unsaturated/α-hetero) is 1. The predicted octanol–water partition coefficient (Wildman–Crippen LogP) is 3.09. The molecule has 1 aliphatic carbocycles. The number of anilines is 1. The molecule has 0 aromatic heterocycles. The van der Waals surface area contributed by atoms with Gasteiger partial charge in [-0.25, -0.2) is 4.79 Å². The van der Waals surface area contributed by atoms with Crippen LogP contribution in [0, 0.1) is 3.57 Å². The van der Waals surface area contributed by atoms with Gasteiger partial charge in [0.2, 0.25) is 0 Å². The molecule has 3 rings (SSSR count). The van der Waals surface area contributed by atoms with Crippen molar-refractivity contribution < 1.29 is 14.3 Å². The molecule has 2 aliphatic rings. The van der Waals surface area contributed by atoms with E-state index in [4.69, 9.17) is 4.74 Å². The number of carbonyl (C=O) groups excluding carboxylic acids is 2. The van der Waals surface area contributed by atoms with Gasteiger partial charge in [-0.15, -0.1) is 0 Å². The Labute approximate surface area is 136 Å². The van der Waals surface area contributed by atoms with E-state index in [1.165, 1.54) is 0 Å². The maximum absolute atomic E-state index is 12.6. The number of halogens is 1. The first-order valence-electron chi connectivity index (χ1n) is 6.80. The minimum Gasteiger partial charge on any atom is -0.463 e. The lowest BCUT2D eigenvalue weighted by molar-refractivity contribution is -0.138. The van der Waals surface area contributed by atoms with Gasteiger partial charge in [0.25, 0.3) is 0 Å². The maximum atomic E-state index is 12.6. The summed E-state index contributed by atoms with van der Waals surface area (Å²) >= 11 is 2.18. The minimum absolute atomic E-state index is 0.0119. The molecule has 1 heterocycles. The zero-order valence-electron chi connectivity index (χ0n) is 11.5. The summed E-state index contributed by atoms with van der Waals surface area (Å²) < 4.78 is 6.10. The summed E-state index contributed by atoms with van der Waals surface area (Å²) in [6.45, 7) is 2.10.